The van der Waals surface area contributed by atoms with Crippen LogP contribution in [0.4, 0.5) is 0 Å². The van der Waals surface area contributed by atoms with Crippen molar-refractivity contribution < 1.29 is 4.74 Å². The highest BCUT2D eigenvalue weighted by Crippen LogP contribution is 2.20. The summed E-state index contributed by atoms with van der Waals surface area (Å²) in [5.74, 6) is 0.843. The van der Waals surface area contributed by atoms with Gasteiger partial charge in [-0.2, -0.15) is 0 Å². The number of aromatic nitrogens is 1. The van der Waals surface area contributed by atoms with Crippen molar-refractivity contribution in [2.24, 2.45) is 0 Å². The fraction of sp³-hybridized carbons (Fsp3) is 0.417. The maximum atomic E-state index is 5.60. The van der Waals surface area contributed by atoms with E-state index in [1.54, 1.807) is 6.20 Å². The van der Waals surface area contributed by atoms with Gasteiger partial charge in [0, 0.05) is 24.8 Å². The molecule has 3 heteroatoms. The zero-order valence-electron chi connectivity index (χ0n) is 9.16. The zero-order chi connectivity index (χ0) is 10.7. The van der Waals surface area contributed by atoms with E-state index in [1.165, 1.54) is 5.57 Å². The van der Waals surface area contributed by atoms with E-state index in [1.807, 2.05) is 26.1 Å². The highest BCUT2D eigenvalue weighted by atomic mass is 16.5. The third-order valence-electron chi connectivity index (χ3n) is 2.26. The minimum Gasteiger partial charge on any atom is -0.489 e. The lowest BCUT2D eigenvalue weighted by molar-refractivity contribution is 0.241. The van der Waals surface area contributed by atoms with E-state index in [4.69, 9.17) is 4.74 Å². The number of hydrogen-bond acceptors (Lipinski definition) is 3. The third kappa shape index (κ3) is 2.57. The first kappa shape index (κ1) is 10.2. The van der Waals surface area contributed by atoms with Crippen LogP contribution in [0.2, 0.25) is 0 Å². The lowest BCUT2D eigenvalue weighted by atomic mass is 10.1. The Hall–Kier alpha value is -1.35. The molecule has 1 N–H and O–H groups in total. The fourth-order valence-electron chi connectivity index (χ4n) is 1.63. The van der Waals surface area contributed by atoms with E-state index in [-0.39, 0.29) is 6.10 Å². The van der Waals surface area contributed by atoms with Crippen LogP contribution in [0.15, 0.2) is 24.5 Å². The van der Waals surface area contributed by atoms with E-state index in [0.29, 0.717) is 0 Å². The Morgan fingerprint density at radius 3 is 2.93 bits per heavy atom. The molecule has 0 amide bonds. The summed E-state index contributed by atoms with van der Waals surface area (Å²) < 4.78 is 5.60. The molecule has 1 aromatic rings. The highest BCUT2D eigenvalue weighted by molar-refractivity contribution is 5.69. The second-order valence-corrected chi connectivity index (χ2v) is 3.94. The number of rotatable bonds is 3. The van der Waals surface area contributed by atoms with E-state index in [0.717, 1.165) is 24.4 Å². The first-order valence-corrected chi connectivity index (χ1v) is 5.27. The first-order valence-electron chi connectivity index (χ1n) is 5.27. The van der Waals surface area contributed by atoms with Crippen molar-refractivity contribution in [1.82, 2.24) is 10.3 Å². The topological polar surface area (TPSA) is 34.1 Å². The molecule has 0 aromatic carbocycles. The third-order valence-corrected chi connectivity index (χ3v) is 2.26. The van der Waals surface area contributed by atoms with Gasteiger partial charge in [-0.05, 0) is 25.5 Å². The number of pyridine rings is 1. The molecule has 1 aliphatic rings. The maximum Gasteiger partial charge on any atom is 0.138 e. The molecule has 2 heterocycles. The molecule has 0 spiro atoms. The van der Waals surface area contributed by atoms with Gasteiger partial charge in [0.15, 0.2) is 0 Å². The second kappa shape index (κ2) is 4.45. The summed E-state index contributed by atoms with van der Waals surface area (Å²) >= 11 is 0. The van der Waals surface area contributed by atoms with Crippen LogP contribution in [0.5, 0.6) is 5.75 Å². The van der Waals surface area contributed by atoms with Crippen LogP contribution in [0.3, 0.4) is 0 Å². The summed E-state index contributed by atoms with van der Waals surface area (Å²) in [6.07, 6.45) is 6.02. The van der Waals surface area contributed by atoms with Gasteiger partial charge in [0.1, 0.15) is 5.75 Å². The molecule has 1 aliphatic heterocycles. The molecule has 2 rings (SSSR count). The second-order valence-electron chi connectivity index (χ2n) is 3.94. The molecule has 0 fully saturated rings. The predicted octanol–water partition coefficient (Wildman–Crippen LogP) is 1.86. The Morgan fingerprint density at radius 1 is 1.40 bits per heavy atom. The van der Waals surface area contributed by atoms with Gasteiger partial charge >= 0.3 is 0 Å². The lowest BCUT2D eigenvalue weighted by Gasteiger charge is -2.10. The van der Waals surface area contributed by atoms with Crippen LogP contribution in [-0.4, -0.2) is 24.2 Å². The van der Waals surface area contributed by atoms with Crippen molar-refractivity contribution in [2.75, 3.05) is 13.1 Å². The largest absolute Gasteiger partial charge is 0.489 e. The molecule has 0 aliphatic carbocycles. The molecule has 0 unspecified atom stereocenters. The molecule has 0 saturated heterocycles. The SMILES string of the molecule is CC(C)Oc1cncc(C2=CCNC2)c1. The van der Waals surface area contributed by atoms with Gasteiger partial charge in [0.05, 0.1) is 12.3 Å². The molecule has 1 aromatic heterocycles. The Bertz CT molecular complexity index is 372. The Balaban J connectivity index is 2.18. The van der Waals surface area contributed by atoms with Gasteiger partial charge < -0.3 is 10.1 Å². The monoisotopic (exact) mass is 204 g/mol. The van der Waals surface area contributed by atoms with Gasteiger partial charge in [-0.3, -0.25) is 4.98 Å². The predicted molar refractivity (Wildman–Crippen MR) is 60.8 cm³/mol. The van der Waals surface area contributed by atoms with Gasteiger partial charge in [0.2, 0.25) is 0 Å². The van der Waals surface area contributed by atoms with E-state index >= 15 is 0 Å². The van der Waals surface area contributed by atoms with E-state index in [2.05, 4.69) is 16.4 Å². The average molecular weight is 204 g/mol. The van der Waals surface area contributed by atoms with Crippen molar-refractivity contribution in [1.29, 1.82) is 0 Å². The smallest absolute Gasteiger partial charge is 0.138 e. The number of nitrogens with zero attached hydrogens (tertiary/aromatic N) is 1. The average Bonchev–Trinajstić information content (AvgIpc) is 2.69. The Morgan fingerprint density at radius 2 is 2.27 bits per heavy atom. The molecule has 0 saturated carbocycles. The summed E-state index contributed by atoms with van der Waals surface area (Å²) in [4.78, 5) is 4.19. The van der Waals surface area contributed by atoms with Gasteiger partial charge in [-0.25, -0.2) is 0 Å². The van der Waals surface area contributed by atoms with Crippen LogP contribution < -0.4 is 10.1 Å². The van der Waals surface area contributed by atoms with Gasteiger partial charge in [0.25, 0.3) is 0 Å². The van der Waals surface area contributed by atoms with Crippen LogP contribution >= 0.6 is 0 Å². The molecule has 15 heavy (non-hydrogen) atoms. The Kier molecular flexibility index (Phi) is 3.02. The summed E-state index contributed by atoms with van der Waals surface area (Å²) in [7, 11) is 0. The van der Waals surface area contributed by atoms with E-state index < -0.39 is 0 Å². The molecule has 0 radical (unpaired) electrons. The first-order chi connectivity index (χ1) is 7.25. The van der Waals surface area contributed by atoms with Crippen molar-refractivity contribution in [3.63, 3.8) is 0 Å². The molecular weight excluding hydrogens is 188 g/mol. The van der Waals surface area contributed by atoms with Crippen LogP contribution in [-0.2, 0) is 0 Å². The van der Waals surface area contributed by atoms with Crippen LogP contribution in [0.1, 0.15) is 19.4 Å². The standard InChI is InChI=1S/C12H16N2O/c1-9(2)15-12-5-11(7-14-8-12)10-3-4-13-6-10/h3,5,7-9,13H,4,6H2,1-2H3. The summed E-state index contributed by atoms with van der Waals surface area (Å²) in [5.41, 5.74) is 2.45. The van der Waals surface area contributed by atoms with Crippen molar-refractivity contribution in [3.8, 4) is 5.75 Å². The molecular formula is C12H16N2O. The normalized spacial score (nSPS) is 15.5. The summed E-state index contributed by atoms with van der Waals surface area (Å²) in [6.45, 7) is 5.91. The fourth-order valence-corrected chi connectivity index (χ4v) is 1.63. The number of nitrogens with one attached hydrogen (secondary N) is 1. The molecule has 0 bridgehead atoms. The summed E-state index contributed by atoms with van der Waals surface area (Å²) in [5, 5.41) is 3.27. The van der Waals surface area contributed by atoms with Gasteiger partial charge in [-0.1, -0.05) is 6.08 Å². The quantitative estimate of drug-likeness (QED) is 0.816. The van der Waals surface area contributed by atoms with Crippen molar-refractivity contribution >= 4 is 5.57 Å². The van der Waals surface area contributed by atoms with Crippen LogP contribution in [0, 0.1) is 0 Å². The zero-order valence-corrected chi connectivity index (χ0v) is 9.16. The maximum absolute atomic E-state index is 5.60. The molecule has 80 valence electrons. The molecule has 3 nitrogen and oxygen atoms in total. The minimum atomic E-state index is 0.192. The lowest BCUT2D eigenvalue weighted by Crippen LogP contribution is -2.08. The summed E-state index contributed by atoms with van der Waals surface area (Å²) in [6, 6.07) is 2.05. The van der Waals surface area contributed by atoms with Crippen LogP contribution in [0.25, 0.3) is 5.57 Å². The van der Waals surface area contributed by atoms with Gasteiger partial charge in [-0.15, -0.1) is 0 Å². The van der Waals surface area contributed by atoms with E-state index in [9.17, 15) is 0 Å². The number of ether oxygens (including phenoxy) is 1. The van der Waals surface area contributed by atoms with Crippen molar-refractivity contribution in [2.45, 2.75) is 20.0 Å². The minimum absolute atomic E-state index is 0.192. The highest BCUT2D eigenvalue weighted by Gasteiger charge is 2.08. The molecule has 0 atom stereocenters. The Labute approximate surface area is 90.2 Å². The number of hydrogen-bond donors (Lipinski definition) is 1. The van der Waals surface area contributed by atoms with Crippen molar-refractivity contribution in [3.05, 3.63) is 30.1 Å².